The lowest BCUT2D eigenvalue weighted by molar-refractivity contribution is 0.0728. The monoisotopic (exact) mass is 461 g/mol. The molecule has 0 N–H and O–H groups in total. The Morgan fingerprint density at radius 1 is 0.794 bits per heavy atom. The number of pyridine rings is 1. The number of benzene rings is 2. The number of hydrogen-bond donors (Lipinski definition) is 0. The van der Waals surface area contributed by atoms with Crippen LogP contribution in [-0.2, 0) is 12.8 Å². The first kappa shape index (κ1) is 25.6. The van der Waals surface area contributed by atoms with Gasteiger partial charge in [-0.3, -0.25) is 4.98 Å². The molecule has 1 heterocycles. The average Bonchev–Trinajstić information content (AvgIpc) is 2.86. The number of hydrogen-bond acceptors (Lipinski definition) is 3. The molecule has 4 heteroatoms. The topological polar surface area (TPSA) is 39.2 Å². The van der Waals surface area contributed by atoms with Gasteiger partial charge in [-0.1, -0.05) is 76.6 Å². The first-order valence-corrected chi connectivity index (χ1v) is 12.7. The van der Waals surface area contributed by atoms with E-state index in [-0.39, 0.29) is 5.75 Å². The zero-order valence-electron chi connectivity index (χ0n) is 20.5. The first-order valence-electron chi connectivity index (χ1n) is 12.7. The van der Waals surface area contributed by atoms with Gasteiger partial charge in [0.05, 0.1) is 11.3 Å². The number of halogens is 1. The van der Waals surface area contributed by atoms with Crippen molar-refractivity contribution in [3.63, 3.8) is 0 Å². The molecule has 34 heavy (non-hydrogen) atoms. The molecule has 0 unspecified atom stereocenters. The molecular formula is C30H36FNO2. The number of unbranched alkanes of at least 4 members (excludes halogenated alkanes) is 6. The van der Waals surface area contributed by atoms with Crippen LogP contribution in [0, 0.1) is 5.82 Å². The van der Waals surface area contributed by atoms with Crippen molar-refractivity contribution in [2.24, 2.45) is 0 Å². The van der Waals surface area contributed by atoms with Crippen molar-refractivity contribution < 1.29 is 13.9 Å². The Labute approximate surface area is 203 Å². The van der Waals surface area contributed by atoms with Crippen LogP contribution in [0.1, 0.15) is 86.7 Å². The summed E-state index contributed by atoms with van der Waals surface area (Å²) in [6.07, 6.45) is 13.4. The van der Waals surface area contributed by atoms with Crippen LogP contribution in [0.2, 0.25) is 0 Å². The van der Waals surface area contributed by atoms with Gasteiger partial charge >= 0.3 is 5.97 Å². The zero-order chi connectivity index (χ0) is 24.2. The summed E-state index contributed by atoms with van der Waals surface area (Å²) in [6.45, 7) is 4.37. The predicted octanol–water partition coefficient (Wildman–Crippen LogP) is 8.35. The summed E-state index contributed by atoms with van der Waals surface area (Å²) in [6, 6.07) is 16.0. The van der Waals surface area contributed by atoms with Crippen LogP contribution in [-0.4, -0.2) is 11.0 Å². The average molecular weight is 462 g/mol. The van der Waals surface area contributed by atoms with Gasteiger partial charge in [0.1, 0.15) is 0 Å². The molecule has 0 aliphatic rings. The van der Waals surface area contributed by atoms with Gasteiger partial charge in [0.2, 0.25) is 0 Å². The number of aromatic nitrogens is 1. The Bertz CT molecular complexity index is 1030. The molecule has 0 fully saturated rings. The number of carbonyl (C=O) groups is 1. The SMILES string of the molecule is CCCCCCCc1ccc(-c2ccc(C(=O)Oc3ccc(CCCCC)cc3F)cc2)nc1. The van der Waals surface area contributed by atoms with Gasteiger partial charge in [-0.05, 0) is 67.1 Å². The van der Waals surface area contributed by atoms with Crippen LogP contribution in [0.3, 0.4) is 0 Å². The van der Waals surface area contributed by atoms with Crippen LogP contribution in [0.4, 0.5) is 4.39 Å². The molecule has 3 nitrogen and oxygen atoms in total. The molecule has 3 rings (SSSR count). The predicted molar refractivity (Wildman–Crippen MR) is 137 cm³/mol. The molecule has 2 aromatic carbocycles. The molecule has 0 spiro atoms. The minimum absolute atomic E-state index is 0.0414. The molecule has 180 valence electrons. The van der Waals surface area contributed by atoms with Crippen molar-refractivity contribution >= 4 is 5.97 Å². The highest BCUT2D eigenvalue weighted by Gasteiger charge is 2.13. The second-order valence-corrected chi connectivity index (χ2v) is 8.90. The molecular weight excluding hydrogens is 425 g/mol. The summed E-state index contributed by atoms with van der Waals surface area (Å²) in [5.74, 6) is -1.12. The second-order valence-electron chi connectivity index (χ2n) is 8.90. The van der Waals surface area contributed by atoms with E-state index >= 15 is 0 Å². The van der Waals surface area contributed by atoms with Gasteiger partial charge in [0, 0.05) is 11.8 Å². The first-order chi connectivity index (χ1) is 16.6. The summed E-state index contributed by atoms with van der Waals surface area (Å²) in [4.78, 5) is 17.1. The summed E-state index contributed by atoms with van der Waals surface area (Å²) in [5.41, 5.74) is 4.33. The lowest BCUT2D eigenvalue weighted by Gasteiger charge is -2.08. The largest absolute Gasteiger partial charge is 0.420 e. The molecule has 0 radical (unpaired) electrons. The van der Waals surface area contributed by atoms with Crippen molar-refractivity contribution in [2.75, 3.05) is 0 Å². The van der Waals surface area contributed by atoms with E-state index in [4.69, 9.17) is 4.74 Å². The summed E-state index contributed by atoms with van der Waals surface area (Å²) < 4.78 is 19.7. The maximum absolute atomic E-state index is 14.4. The molecule has 0 aliphatic carbocycles. The summed E-state index contributed by atoms with van der Waals surface area (Å²) in [5, 5.41) is 0. The van der Waals surface area contributed by atoms with Gasteiger partial charge in [-0.2, -0.15) is 0 Å². The Balaban J connectivity index is 1.55. The van der Waals surface area contributed by atoms with Gasteiger partial charge < -0.3 is 4.74 Å². The van der Waals surface area contributed by atoms with Crippen molar-refractivity contribution in [1.29, 1.82) is 0 Å². The second kappa shape index (κ2) is 13.6. The summed E-state index contributed by atoms with van der Waals surface area (Å²) >= 11 is 0. The maximum Gasteiger partial charge on any atom is 0.343 e. The molecule has 1 aromatic heterocycles. The fraction of sp³-hybridized carbons (Fsp3) is 0.400. The number of esters is 1. The van der Waals surface area contributed by atoms with E-state index in [2.05, 4.69) is 24.9 Å². The normalized spacial score (nSPS) is 10.9. The molecule has 0 aliphatic heterocycles. The molecule has 0 bridgehead atoms. The Hall–Kier alpha value is -3.01. The van der Waals surface area contributed by atoms with Crippen LogP contribution in [0.25, 0.3) is 11.3 Å². The van der Waals surface area contributed by atoms with Crippen molar-refractivity contribution in [3.8, 4) is 17.0 Å². The van der Waals surface area contributed by atoms with Crippen molar-refractivity contribution in [3.05, 3.63) is 83.3 Å². The van der Waals surface area contributed by atoms with E-state index in [1.54, 1.807) is 12.1 Å². The van der Waals surface area contributed by atoms with E-state index in [1.807, 2.05) is 30.5 Å². The third kappa shape index (κ3) is 7.79. The van der Waals surface area contributed by atoms with Crippen molar-refractivity contribution in [2.45, 2.75) is 78.1 Å². The molecule has 0 amide bonds. The summed E-state index contributed by atoms with van der Waals surface area (Å²) in [7, 11) is 0. The smallest absolute Gasteiger partial charge is 0.343 e. The van der Waals surface area contributed by atoms with E-state index < -0.39 is 11.8 Å². The lowest BCUT2D eigenvalue weighted by Crippen LogP contribution is -2.09. The number of ether oxygens (including phenoxy) is 1. The number of aryl methyl sites for hydroxylation is 2. The van der Waals surface area contributed by atoms with Crippen LogP contribution < -0.4 is 4.74 Å². The minimum atomic E-state index is -0.574. The Kier molecular flexibility index (Phi) is 10.3. The number of nitrogens with zero attached hydrogens (tertiary/aromatic N) is 1. The number of rotatable bonds is 13. The lowest BCUT2D eigenvalue weighted by atomic mass is 10.0. The third-order valence-electron chi connectivity index (χ3n) is 6.08. The van der Waals surface area contributed by atoms with Gasteiger partial charge in [-0.15, -0.1) is 0 Å². The highest BCUT2D eigenvalue weighted by Crippen LogP contribution is 2.23. The standard InChI is InChI=1S/C30H36FNO2/c1-3-5-7-8-10-12-24-13-19-28(32-22-24)25-15-17-26(18-16-25)30(33)34-29-20-14-23(21-27(29)31)11-9-6-4-2/h13-22H,3-12H2,1-2H3. The molecule has 0 saturated carbocycles. The maximum atomic E-state index is 14.4. The van der Waals surface area contributed by atoms with E-state index in [0.717, 1.165) is 48.9 Å². The highest BCUT2D eigenvalue weighted by molar-refractivity contribution is 5.91. The quantitative estimate of drug-likeness (QED) is 0.146. The fourth-order valence-corrected chi connectivity index (χ4v) is 3.97. The van der Waals surface area contributed by atoms with Crippen LogP contribution >= 0.6 is 0 Å². The Morgan fingerprint density at radius 3 is 2.12 bits per heavy atom. The minimum Gasteiger partial charge on any atom is -0.420 e. The van der Waals surface area contributed by atoms with Crippen molar-refractivity contribution in [1.82, 2.24) is 4.98 Å². The van der Waals surface area contributed by atoms with E-state index in [9.17, 15) is 9.18 Å². The van der Waals surface area contributed by atoms with Crippen LogP contribution in [0.15, 0.2) is 60.8 Å². The third-order valence-corrected chi connectivity index (χ3v) is 6.08. The molecule has 0 atom stereocenters. The number of carbonyl (C=O) groups excluding carboxylic acids is 1. The fourth-order valence-electron chi connectivity index (χ4n) is 3.97. The van der Waals surface area contributed by atoms with E-state index in [1.165, 1.54) is 49.8 Å². The van der Waals surface area contributed by atoms with Crippen LogP contribution in [0.5, 0.6) is 5.75 Å². The van der Waals surface area contributed by atoms with E-state index in [0.29, 0.717) is 5.56 Å². The Morgan fingerprint density at radius 2 is 1.44 bits per heavy atom. The molecule has 3 aromatic rings. The molecule has 0 saturated heterocycles. The van der Waals surface area contributed by atoms with Gasteiger partial charge in [0.15, 0.2) is 11.6 Å². The highest BCUT2D eigenvalue weighted by atomic mass is 19.1. The zero-order valence-corrected chi connectivity index (χ0v) is 20.5. The van der Waals surface area contributed by atoms with Gasteiger partial charge in [-0.25, -0.2) is 9.18 Å². The van der Waals surface area contributed by atoms with Gasteiger partial charge in [0.25, 0.3) is 0 Å².